The minimum atomic E-state index is 0.671. The molecular formula is C13H8ClNS. The van der Waals surface area contributed by atoms with Crippen molar-refractivity contribution in [3.8, 4) is 10.6 Å². The molecule has 0 bridgehead atoms. The van der Waals surface area contributed by atoms with E-state index in [1.165, 1.54) is 15.0 Å². The lowest BCUT2D eigenvalue weighted by atomic mass is 10.2. The van der Waals surface area contributed by atoms with Gasteiger partial charge in [0.2, 0.25) is 0 Å². The van der Waals surface area contributed by atoms with E-state index >= 15 is 0 Å². The molecule has 78 valence electrons. The first kappa shape index (κ1) is 9.82. The van der Waals surface area contributed by atoms with Gasteiger partial charge in [-0.15, -0.1) is 11.3 Å². The van der Waals surface area contributed by atoms with E-state index in [1.54, 1.807) is 17.5 Å². The molecule has 0 amide bonds. The lowest BCUT2D eigenvalue weighted by molar-refractivity contribution is 1.34. The average molecular weight is 246 g/mol. The Kier molecular flexibility index (Phi) is 2.39. The maximum Gasteiger partial charge on any atom is 0.0803 e. The maximum absolute atomic E-state index is 5.82. The zero-order chi connectivity index (χ0) is 11.0. The highest BCUT2D eigenvalue weighted by Crippen LogP contribution is 2.32. The summed E-state index contributed by atoms with van der Waals surface area (Å²) in [5.41, 5.74) is 0.977. The molecule has 3 rings (SSSR count). The zero-order valence-electron chi connectivity index (χ0n) is 8.35. The van der Waals surface area contributed by atoms with E-state index in [9.17, 15) is 0 Å². The van der Waals surface area contributed by atoms with Gasteiger partial charge in [-0.05, 0) is 29.7 Å². The van der Waals surface area contributed by atoms with Gasteiger partial charge in [0.15, 0.2) is 0 Å². The number of pyridine rings is 1. The molecule has 0 saturated heterocycles. The minimum Gasteiger partial charge on any atom is -0.254 e. The topological polar surface area (TPSA) is 12.9 Å². The number of hydrogen-bond donors (Lipinski definition) is 0. The molecule has 0 fully saturated rings. The largest absolute Gasteiger partial charge is 0.254 e. The molecule has 16 heavy (non-hydrogen) atoms. The van der Waals surface area contributed by atoms with E-state index in [4.69, 9.17) is 11.6 Å². The Morgan fingerprint density at radius 2 is 1.94 bits per heavy atom. The Hall–Kier alpha value is -1.38. The van der Waals surface area contributed by atoms with E-state index in [0.717, 1.165) is 5.69 Å². The first-order valence-corrected chi connectivity index (χ1v) is 6.13. The molecule has 0 saturated carbocycles. The van der Waals surface area contributed by atoms with Crippen LogP contribution in [0.5, 0.6) is 0 Å². The fourth-order valence-corrected chi connectivity index (χ4v) is 2.78. The molecule has 0 aliphatic rings. The van der Waals surface area contributed by atoms with Crippen LogP contribution in [0.4, 0.5) is 0 Å². The molecule has 3 aromatic rings. The predicted octanol–water partition coefficient (Wildman–Crippen LogP) is 4.62. The summed E-state index contributed by atoms with van der Waals surface area (Å²) in [4.78, 5) is 5.50. The Labute approximate surface area is 102 Å². The van der Waals surface area contributed by atoms with Gasteiger partial charge in [-0.25, -0.2) is 0 Å². The summed E-state index contributed by atoms with van der Waals surface area (Å²) in [5.74, 6) is 0. The molecule has 0 aliphatic heterocycles. The van der Waals surface area contributed by atoms with Crippen LogP contribution in [-0.2, 0) is 0 Å². The molecule has 2 aromatic heterocycles. The standard InChI is InChI=1S/C13H8ClNS/c14-10-5-6-11(15-8-10)13-7-9-3-1-2-4-12(9)16-13/h1-8H. The van der Waals surface area contributed by atoms with Crippen LogP contribution >= 0.6 is 22.9 Å². The SMILES string of the molecule is Clc1ccc(-c2cc3ccccc3s2)nc1. The van der Waals surface area contributed by atoms with Crippen molar-refractivity contribution < 1.29 is 0 Å². The molecule has 1 aromatic carbocycles. The summed E-state index contributed by atoms with van der Waals surface area (Å²) < 4.78 is 1.29. The van der Waals surface area contributed by atoms with Crippen molar-refractivity contribution in [3.63, 3.8) is 0 Å². The Morgan fingerprint density at radius 3 is 2.69 bits per heavy atom. The van der Waals surface area contributed by atoms with Gasteiger partial charge in [0.25, 0.3) is 0 Å². The molecule has 0 N–H and O–H groups in total. The van der Waals surface area contributed by atoms with Crippen LogP contribution in [0.15, 0.2) is 48.7 Å². The van der Waals surface area contributed by atoms with Gasteiger partial charge in [-0.3, -0.25) is 4.98 Å². The second kappa shape index (κ2) is 3.89. The van der Waals surface area contributed by atoms with Crippen LogP contribution in [0.1, 0.15) is 0 Å². The number of rotatable bonds is 1. The number of halogens is 1. The highest BCUT2D eigenvalue weighted by Gasteiger charge is 2.04. The quantitative estimate of drug-likeness (QED) is 0.610. The second-order valence-corrected chi connectivity index (χ2v) is 5.03. The van der Waals surface area contributed by atoms with E-state index in [1.807, 2.05) is 18.2 Å². The van der Waals surface area contributed by atoms with E-state index in [-0.39, 0.29) is 0 Å². The van der Waals surface area contributed by atoms with Crippen LogP contribution in [-0.4, -0.2) is 4.98 Å². The molecule has 0 atom stereocenters. The summed E-state index contributed by atoms with van der Waals surface area (Å²) >= 11 is 7.57. The minimum absolute atomic E-state index is 0.671. The molecule has 2 heterocycles. The van der Waals surface area contributed by atoms with E-state index in [2.05, 4.69) is 29.2 Å². The number of hydrogen-bond acceptors (Lipinski definition) is 2. The number of aromatic nitrogens is 1. The third kappa shape index (κ3) is 1.70. The van der Waals surface area contributed by atoms with Crippen LogP contribution in [0.25, 0.3) is 20.7 Å². The number of nitrogens with zero attached hydrogens (tertiary/aromatic N) is 1. The maximum atomic E-state index is 5.82. The molecule has 3 heteroatoms. The van der Waals surface area contributed by atoms with E-state index in [0.29, 0.717) is 5.02 Å². The van der Waals surface area contributed by atoms with E-state index < -0.39 is 0 Å². The van der Waals surface area contributed by atoms with Crippen molar-refractivity contribution in [2.75, 3.05) is 0 Å². The Bertz CT molecular complexity index is 595. The van der Waals surface area contributed by atoms with Crippen LogP contribution < -0.4 is 0 Å². The fourth-order valence-electron chi connectivity index (χ4n) is 1.63. The van der Waals surface area contributed by atoms with Crippen molar-refractivity contribution in [2.45, 2.75) is 0 Å². The van der Waals surface area contributed by atoms with Crippen molar-refractivity contribution in [2.24, 2.45) is 0 Å². The summed E-state index contributed by atoms with van der Waals surface area (Å²) in [6.45, 7) is 0. The lowest BCUT2D eigenvalue weighted by Gasteiger charge is -1.94. The highest BCUT2D eigenvalue weighted by atomic mass is 35.5. The molecule has 0 unspecified atom stereocenters. The third-order valence-electron chi connectivity index (χ3n) is 2.41. The molecule has 0 radical (unpaired) electrons. The summed E-state index contributed by atoms with van der Waals surface area (Å²) in [6.07, 6.45) is 1.68. The smallest absolute Gasteiger partial charge is 0.0803 e. The lowest BCUT2D eigenvalue weighted by Crippen LogP contribution is -1.77. The summed E-state index contributed by atoms with van der Waals surface area (Å²) in [5, 5.41) is 1.93. The average Bonchev–Trinajstić information content (AvgIpc) is 2.73. The van der Waals surface area contributed by atoms with Crippen molar-refractivity contribution >= 4 is 33.0 Å². The molecule has 1 nitrogen and oxygen atoms in total. The van der Waals surface area contributed by atoms with Crippen molar-refractivity contribution in [1.29, 1.82) is 0 Å². The van der Waals surface area contributed by atoms with Crippen molar-refractivity contribution in [1.82, 2.24) is 4.98 Å². The van der Waals surface area contributed by atoms with Crippen molar-refractivity contribution in [3.05, 3.63) is 53.7 Å². The van der Waals surface area contributed by atoms with Gasteiger partial charge >= 0.3 is 0 Å². The number of thiophene rings is 1. The van der Waals surface area contributed by atoms with Crippen LogP contribution in [0.3, 0.4) is 0 Å². The highest BCUT2D eigenvalue weighted by molar-refractivity contribution is 7.22. The summed E-state index contributed by atoms with van der Waals surface area (Å²) in [6, 6.07) is 14.3. The van der Waals surface area contributed by atoms with Gasteiger partial charge in [-0.1, -0.05) is 29.8 Å². The number of benzene rings is 1. The normalized spacial score (nSPS) is 10.8. The Balaban J connectivity index is 2.15. The van der Waals surface area contributed by atoms with Gasteiger partial charge in [-0.2, -0.15) is 0 Å². The second-order valence-electron chi connectivity index (χ2n) is 3.51. The van der Waals surface area contributed by atoms with Gasteiger partial charge < -0.3 is 0 Å². The molecule has 0 spiro atoms. The molecule has 0 aliphatic carbocycles. The van der Waals surface area contributed by atoms with Gasteiger partial charge in [0, 0.05) is 10.9 Å². The monoisotopic (exact) mass is 245 g/mol. The number of fused-ring (bicyclic) bond motifs is 1. The first-order chi connectivity index (χ1) is 7.83. The Morgan fingerprint density at radius 1 is 1.06 bits per heavy atom. The first-order valence-electron chi connectivity index (χ1n) is 4.93. The predicted molar refractivity (Wildman–Crippen MR) is 70.1 cm³/mol. The van der Waals surface area contributed by atoms with Gasteiger partial charge in [0.05, 0.1) is 15.6 Å². The van der Waals surface area contributed by atoms with Crippen LogP contribution in [0, 0.1) is 0 Å². The summed E-state index contributed by atoms with van der Waals surface area (Å²) in [7, 11) is 0. The molecular weight excluding hydrogens is 238 g/mol. The fraction of sp³-hybridized carbons (Fsp3) is 0. The van der Waals surface area contributed by atoms with Crippen LogP contribution in [0.2, 0.25) is 5.02 Å². The zero-order valence-corrected chi connectivity index (χ0v) is 9.92. The third-order valence-corrected chi connectivity index (χ3v) is 3.77. The van der Waals surface area contributed by atoms with Gasteiger partial charge in [0.1, 0.15) is 0 Å².